The fourth-order valence-corrected chi connectivity index (χ4v) is 4.50. The standard InChI is InChI=1S/C22H20Cl3NO3/c1-2-3-14-8-20(27)29-21-16(14)10-19(25)22-17(21)11-26(12-28-22)7-6-13-4-5-15(23)9-18(13)24/h4-5,8-10H,2-3,6-7,11-12H2,1H3. The van der Waals surface area contributed by atoms with E-state index in [1.54, 1.807) is 12.1 Å². The molecule has 4 nitrogen and oxygen atoms in total. The maximum Gasteiger partial charge on any atom is 0.336 e. The lowest BCUT2D eigenvalue weighted by atomic mass is 10.0. The molecule has 0 saturated heterocycles. The van der Waals surface area contributed by atoms with Crippen LogP contribution in [0, 0.1) is 0 Å². The molecule has 0 radical (unpaired) electrons. The first-order chi connectivity index (χ1) is 14.0. The highest BCUT2D eigenvalue weighted by molar-refractivity contribution is 6.35. The highest BCUT2D eigenvalue weighted by Gasteiger charge is 2.25. The van der Waals surface area contributed by atoms with Gasteiger partial charge in [0.2, 0.25) is 0 Å². The number of fused-ring (bicyclic) bond motifs is 3. The van der Waals surface area contributed by atoms with Crippen molar-refractivity contribution in [3.8, 4) is 5.75 Å². The summed E-state index contributed by atoms with van der Waals surface area (Å²) in [6.07, 6.45) is 2.47. The van der Waals surface area contributed by atoms with Crippen molar-refractivity contribution < 1.29 is 9.15 Å². The molecule has 2 heterocycles. The first-order valence-corrected chi connectivity index (χ1v) is 10.7. The quantitative estimate of drug-likeness (QED) is 0.439. The van der Waals surface area contributed by atoms with Crippen LogP contribution in [-0.4, -0.2) is 18.2 Å². The average Bonchev–Trinajstić information content (AvgIpc) is 2.68. The first-order valence-electron chi connectivity index (χ1n) is 9.53. The van der Waals surface area contributed by atoms with E-state index in [1.165, 1.54) is 0 Å². The van der Waals surface area contributed by atoms with Crippen LogP contribution in [0.4, 0.5) is 0 Å². The van der Waals surface area contributed by atoms with Gasteiger partial charge < -0.3 is 9.15 Å². The second-order valence-electron chi connectivity index (χ2n) is 7.20. The lowest BCUT2D eigenvalue weighted by Gasteiger charge is -2.30. The molecule has 2 aromatic carbocycles. The van der Waals surface area contributed by atoms with Crippen molar-refractivity contribution in [2.24, 2.45) is 0 Å². The Bertz CT molecular complexity index is 1130. The van der Waals surface area contributed by atoms with Gasteiger partial charge in [0.15, 0.2) is 0 Å². The number of hydrogen-bond acceptors (Lipinski definition) is 4. The van der Waals surface area contributed by atoms with Gasteiger partial charge in [0.1, 0.15) is 18.1 Å². The molecule has 3 aromatic rings. The molecule has 0 fully saturated rings. The van der Waals surface area contributed by atoms with E-state index in [0.29, 0.717) is 39.7 Å². The van der Waals surface area contributed by atoms with Gasteiger partial charge >= 0.3 is 5.63 Å². The molecule has 29 heavy (non-hydrogen) atoms. The molecule has 0 atom stereocenters. The summed E-state index contributed by atoms with van der Waals surface area (Å²) < 4.78 is 11.5. The van der Waals surface area contributed by atoms with Gasteiger partial charge in [-0.1, -0.05) is 54.2 Å². The summed E-state index contributed by atoms with van der Waals surface area (Å²) in [5.41, 5.74) is 3.00. The molecule has 4 rings (SSSR count). The van der Waals surface area contributed by atoms with Crippen LogP contribution in [0.5, 0.6) is 5.75 Å². The molecular formula is C22H20Cl3NO3. The third-order valence-corrected chi connectivity index (χ3v) is 5.99. The van der Waals surface area contributed by atoms with Crippen molar-refractivity contribution in [3.63, 3.8) is 0 Å². The summed E-state index contributed by atoms with van der Waals surface area (Å²) in [7, 11) is 0. The monoisotopic (exact) mass is 451 g/mol. The Morgan fingerprint density at radius 2 is 1.86 bits per heavy atom. The molecular weight excluding hydrogens is 433 g/mol. The first kappa shape index (κ1) is 20.5. The summed E-state index contributed by atoms with van der Waals surface area (Å²) in [4.78, 5) is 14.3. The van der Waals surface area contributed by atoms with Crippen LogP contribution >= 0.6 is 34.8 Å². The number of benzene rings is 2. The van der Waals surface area contributed by atoms with Gasteiger partial charge in [-0.3, -0.25) is 4.90 Å². The van der Waals surface area contributed by atoms with Crippen molar-refractivity contribution in [3.05, 3.63) is 72.5 Å². The lowest BCUT2D eigenvalue weighted by molar-refractivity contribution is 0.0969. The number of halogens is 3. The Morgan fingerprint density at radius 1 is 1.03 bits per heavy atom. The minimum absolute atomic E-state index is 0.351. The van der Waals surface area contributed by atoms with Gasteiger partial charge in [-0.2, -0.15) is 0 Å². The van der Waals surface area contributed by atoms with E-state index in [0.717, 1.165) is 47.9 Å². The van der Waals surface area contributed by atoms with Crippen LogP contribution in [0.1, 0.15) is 30.0 Å². The largest absolute Gasteiger partial charge is 0.476 e. The Morgan fingerprint density at radius 3 is 2.62 bits per heavy atom. The normalized spacial score (nSPS) is 14.1. The molecule has 152 valence electrons. The van der Waals surface area contributed by atoms with Crippen molar-refractivity contribution in [2.75, 3.05) is 13.3 Å². The molecule has 1 aliphatic rings. The van der Waals surface area contributed by atoms with Gasteiger partial charge in [0.05, 0.1) is 10.6 Å². The third kappa shape index (κ3) is 4.26. The predicted octanol–water partition coefficient (Wildman–Crippen LogP) is 6.10. The maximum absolute atomic E-state index is 12.1. The summed E-state index contributed by atoms with van der Waals surface area (Å²) in [5.74, 6) is 0.594. The molecule has 0 bridgehead atoms. The molecule has 0 spiro atoms. The van der Waals surface area contributed by atoms with E-state index in [9.17, 15) is 4.79 Å². The predicted molar refractivity (Wildman–Crippen MR) is 118 cm³/mol. The zero-order valence-corrected chi connectivity index (χ0v) is 18.2. The van der Waals surface area contributed by atoms with Crippen LogP contribution in [-0.2, 0) is 19.4 Å². The van der Waals surface area contributed by atoms with E-state index in [1.807, 2.05) is 18.2 Å². The van der Waals surface area contributed by atoms with Crippen LogP contribution in [0.15, 0.2) is 39.5 Å². The lowest BCUT2D eigenvalue weighted by Crippen LogP contribution is -2.34. The van der Waals surface area contributed by atoms with Crippen LogP contribution in [0.25, 0.3) is 11.0 Å². The third-order valence-electron chi connectivity index (χ3n) is 5.13. The van der Waals surface area contributed by atoms with Gasteiger partial charge in [0.25, 0.3) is 0 Å². The minimum Gasteiger partial charge on any atom is -0.476 e. The molecule has 0 N–H and O–H groups in total. The molecule has 1 aromatic heterocycles. The van der Waals surface area contributed by atoms with Gasteiger partial charge in [-0.25, -0.2) is 4.79 Å². The van der Waals surface area contributed by atoms with E-state index in [2.05, 4.69) is 11.8 Å². The number of nitrogens with zero attached hydrogens (tertiary/aromatic N) is 1. The van der Waals surface area contributed by atoms with Crippen molar-refractivity contribution >= 4 is 45.8 Å². The van der Waals surface area contributed by atoms with Crippen molar-refractivity contribution in [1.29, 1.82) is 0 Å². The molecule has 0 amide bonds. The summed E-state index contributed by atoms with van der Waals surface area (Å²) in [6, 6.07) is 8.91. The Hall–Kier alpha value is -1.72. The number of aryl methyl sites for hydroxylation is 1. The van der Waals surface area contributed by atoms with Crippen LogP contribution in [0.2, 0.25) is 15.1 Å². The molecule has 0 aliphatic carbocycles. The highest BCUT2D eigenvalue weighted by atomic mass is 35.5. The van der Waals surface area contributed by atoms with E-state index >= 15 is 0 Å². The molecule has 1 aliphatic heterocycles. The van der Waals surface area contributed by atoms with E-state index in [-0.39, 0.29) is 5.63 Å². The SMILES string of the molecule is CCCc1cc(=O)oc2c3c(c(Cl)cc12)OCN(CCc1ccc(Cl)cc1Cl)C3. The van der Waals surface area contributed by atoms with Crippen LogP contribution in [0.3, 0.4) is 0 Å². The summed E-state index contributed by atoms with van der Waals surface area (Å²) in [5, 5.41) is 2.69. The van der Waals surface area contributed by atoms with Crippen molar-refractivity contribution in [2.45, 2.75) is 32.7 Å². The second kappa shape index (κ2) is 8.57. The molecule has 0 unspecified atom stereocenters. The fraction of sp³-hybridized carbons (Fsp3) is 0.318. The molecule has 7 heteroatoms. The van der Waals surface area contributed by atoms with Gasteiger partial charge in [-0.05, 0) is 42.2 Å². The number of ether oxygens (including phenoxy) is 1. The van der Waals surface area contributed by atoms with Crippen molar-refractivity contribution in [1.82, 2.24) is 4.90 Å². The summed E-state index contributed by atoms with van der Waals surface area (Å²) in [6.45, 7) is 3.79. The minimum atomic E-state index is -0.351. The van der Waals surface area contributed by atoms with Gasteiger partial charge in [0, 0.05) is 34.6 Å². The maximum atomic E-state index is 12.1. The second-order valence-corrected chi connectivity index (χ2v) is 8.45. The topological polar surface area (TPSA) is 42.7 Å². The van der Waals surface area contributed by atoms with Crippen LogP contribution < -0.4 is 10.4 Å². The highest BCUT2D eigenvalue weighted by Crippen LogP contribution is 2.39. The molecule has 0 saturated carbocycles. The van der Waals surface area contributed by atoms with Gasteiger partial charge in [-0.15, -0.1) is 0 Å². The number of rotatable bonds is 5. The zero-order valence-electron chi connectivity index (χ0n) is 15.9. The summed E-state index contributed by atoms with van der Waals surface area (Å²) >= 11 is 18.8. The zero-order chi connectivity index (χ0) is 20.5. The number of hydrogen-bond donors (Lipinski definition) is 0. The van der Waals surface area contributed by atoms with E-state index in [4.69, 9.17) is 44.0 Å². The Balaban J connectivity index is 1.64. The smallest absolute Gasteiger partial charge is 0.336 e. The van der Waals surface area contributed by atoms with E-state index < -0.39 is 0 Å². The Kier molecular flexibility index (Phi) is 6.07. The Labute approximate surface area is 183 Å². The average molecular weight is 453 g/mol. The fourth-order valence-electron chi connectivity index (χ4n) is 3.72.